The third kappa shape index (κ3) is 7.17. The van der Waals surface area contributed by atoms with Gasteiger partial charge < -0.3 is 15.0 Å². The van der Waals surface area contributed by atoms with Crippen molar-refractivity contribution in [1.29, 1.82) is 0 Å². The first-order valence-electron chi connectivity index (χ1n) is 10.4. The maximum atomic E-state index is 5.46. The van der Waals surface area contributed by atoms with Crippen LogP contribution in [0.15, 0.2) is 35.3 Å². The number of halogens is 1. The number of hydrogen-bond acceptors (Lipinski definition) is 4. The van der Waals surface area contributed by atoms with E-state index < -0.39 is 0 Å². The maximum absolute atomic E-state index is 5.46. The van der Waals surface area contributed by atoms with Crippen LogP contribution in [0.4, 0.5) is 0 Å². The number of piperazine rings is 1. The van der Waals surface area contributed by atoms with Crippen LogP contribution in [0.1, 0.15) is 19.4 Å². The Morgan fingerprint density at radius 2 is 1.75 bits per heavy atom. The van der Waals surface area contributed by atoms with Crippen molar-refractivity contribution in [2.75, 3.05) is 65.6 Å². The highest BCUT2D eigenvalue weighted by Gasteiger charge is 2.21. The second-order valence-electron chi connectivity index (χ2n) is 7.44. The second kappa shape index (κ2) is 12.6. The molecule has 3 rings (SSSR count). The van der Waals surface area contributed by atoms with Gasteiger partial charge in [0.2, 0.25) is 0 Å². The predicted octanol–water partition coefficient (Wildman–Crippen LogP) is 2.11. The zero-order chi connectivity index (χ0) is 18.9. The summed E-state index contributed by atoms with van der Waals surface area (Å²) in [6.07, 6.45) is 0. The highest BCUT2D eigenvalue weighted by molar-refractivity contribution is 14.0. The molecule has 28 heavy (non-hydrogen) atoms. The van der Waals surface area contributed by atoms with Gasteiger partial charge in [0, 0.05) is 58.4 Å². The minimum atomic E-state index is 0. The van der Waals surface area contributed by atoms with Gasteiger partial charge in [-0.15, -0.1) is 24.0 Å². The van der Waals surface area contributed by atoms with Crippen LogP contribution in [-0.4, -0.2) is 92.3 Å². The molecule has 0 aliphatic carbocycles. The summed E-state index contributed by atoms with van der Waals surface area (Å²) in [4.78, 5) is 12.4. The van der Waals surface area contributed by atoms with E-state index >= 15 is 0 Å². The van der Waals surface area contributed by atoms with E-state index in [0.717, 1.165) is 78.1 Å². The molecule has 0 aromatic heterocycles. The van der Waals surface area contributed by atoms with E-state index in [1.165, 1.54) is 5.56 Å². The van der Waals surface area contributed by atoms with Gasteiger partial charge >= 0.3 is 0 Å². The number of guanidine groups is 1. The number of morpholine rings is 1. The molecular weight excluding hydrogens is 465 g/mol. The third-order valence-corrected chi connectivity index (χ3v) is 5.43. The number of benzene rings is 1. The number of nitrogens with one attached hydrogen (secondary N) is 1. The molecule has 1 aromatic rings. The molecule has 2 heterocycles. The molecule has 1 N–H and O–H groups in total. The summed E-state index contributed by atoms with van der Waals surface area (Å²) >= 11 is 0. The Morgan fingerprint density at radius 1 is 1.07 bits per heavy atom. The quantitative estimate of drug-likeness (QED) is 0.368. The normalized spacial score (nSPS) is 20.5. The van der Waals surface area contributed by atoms with Crippen LogP contribution < -0.4 is 5.32 Å². The first-order valence-corrected chi connectivity index (χ1v) is 10.4. The average Bonchev–Trinajstić information content (AvgIpc) is 2.73. The number of ether oxygens (including phenoxy) is 1. The van der Waals surface area contributed by atoms with Gasteiger partial charge in [0.05, 0.1) is 19.8 Å². The molecule has 0 bridgehead atoms. The summed E-state index contributed by atoms with van der Waals surface area (Å²) in [5.41, 5.74) is 1.39. The van der Waals surface area contributed by atoms with Gasteiger partial charge in [-0.2, -0.15) is 0 Å². The lowest BCUT2D eigenvalue weighted by Gasteiger charge is -2.37. The van der Waals surface area contributed by atoms with E-state index in [4.69, 9.17) is 9.73 Å². The molecular formula is C21H36IN5O. The maximum Gasteiger partial charge on any atom is 0.194 e. The van der Waals surface area contributed by atoms with Gasteiger partial charge in [-0.25, -0.2) is 0 Å². The molecule has 2 aliphatic heterocycles. The zero-order valence-electron chi connectivity index (χ0n) is 17.3. The number of nitrogens with zero attached hydrogens (tertiary/aromatic N) is 4. The fourth-order valence-corrected chi connectivity index (χ4v) is 3.74. The van der Waals surface area contributed by atoms with E-state index in [2.05, 4.69) is 64.2 Å². The van der Waals surface area contributed by atoms with Crippen LogP contribution >= 0.6 is 24.0 Å². The third-order valence-electron chi connectivity index (χ3n) is 5.43. The van der Waals surface area contributed by atoms with Gasteiger partial charge in [-0.3, -0.25) is 14.8 Å². The van der Waals surface area contributed by atoms with Crippen LogP contribution in [0.3, 0.4) is 0 Å². The average molecular weight is 501 g/mol. The second-order valence-corrected chi connectivity index (χ2v) is 7.44. The molecule has 1 atom stereocenters. The minimum absolute atomic E-state index is 0. The number of aliphatic imine (C=N–C) groups is 1. The van der Waals surface area contributed by atoms with Crippen molar-refractivity contribution < 1.29 is 4.74 Å². The fraction of sp³-hybridized carbons (Fsp3) is 0.667. The summed E-state index contributed by atoms with van der Waals surface area (Å²) in [5.74, 6) is 1.07. The molecule has 2 fully saturated rings. The van der Waals surface area contributed by atoms with Crippen molar-refractivity contribution in [3.63, 3.8) is 0 Å². The van der Waals surface area contributed by atoms with E-state index in [1.807, 2.05) is 0 Å². The van der Waals surface area contributed by atoms with Crippen LogP contribution in [0.25, 0.3) is 0 Å². The van der Waals surface area contributed by atoms with E-state index in [1.54, 1.807) is 0 Å². The Balaban J connectivity index is 0.00000280. The summed E-state index contributed by atoms with van der Waals surface area (Å²) in [6, 6.07) is 11.2. The summed E-state index contributed by atoms with van der Waals surface area (Å²) < 4.78 is 5.46. The van der Waals surface area contributed by atoms with E-state index in [9.17, 15) is 0 Å². The summed E-state index contributed by atoms with van der Waals surface area (Å²) in [6.45, 7) is 15.2. The molecule has 1 aromatic carbocycles. The van der Waals surface area contributed by atoms with Crippen molar-refractivity contribution in [2.45, 2.75) is 26.4 Å². The Hall–Kier alpha value is -0.900. The van der Waals surface area contributed by atoms with Crippen molar-refractivity contribution >= 4 is 29.9 Å². The van der Waals surface area contributed by atoms with Crippen LogP contribution in [0.2, 0.25) is 0 Å². The zero-order valence-corrected chi connectivity index (χ0v) is 19.7. The lowest BCUT2D eigenvalue weighted by Crippen LogP contribution is -2.52. The first-order chi connectivity index (χ1) is 13.3. The molecule has 2 aliphatic rings. The molecule has 0 saturated carbocycles. The highest BCUT2D eigenvalue weighted by atomic mass is 127. The standard InChI is InChI=1S/C21H35N5O.HI/c1-3-22-21(23-17-19(2)25-13-15-27-16-14-25)26-11-9-24(10-12-26)18-20-7-5-4-6-8-20;/h4-8,19H,3,9-18H2,1-2H3,(H,22,23);1H. The monoisotopic (exact) mass is 501 g/mol. The molecule has 0 amide bonds. The first kappa shape index (κ1) is 23.4. The SMILES string of the molecule is CCNC(=NCC(C)N1CCOCC1)N1CCN(Cc2ccccc2)CC1.I. The topological polar surface area (TPSA) is 43.3 Å². The minimum Gasteiger partial charge on any atom is -0.379 e. The molecule has 0 spiro atoms. The lowest BCUT2D eigenvalue weighted by molar-refractivity contribution is 0.0220. The van der Waals surface area contributed by atoms with Gasteiger partial charge in [-0.1, -0.05) is 30.3 Å². The Bertz CT molecular complexity index is 571. The van der Waals surface area contributed by atoms with Crippen molar-refractivity contribution in [2.24, 2.45) is 4.99 Å². The van der Waals surface area contributed by atoms with Gasteiger partial charge in [0.1, 0.15) is 0 Å². The summed E-state index contributed by atoms with van der Waals surface area (Å²) in [7, 11) is 0. The predicted molar refractivity (Wildman–Crippen MR) is 127 cm³/mol. The Morgan fingerprint density at radius 3 is 2.39 bits per heavy atom. The summed E-state index contributed by atoms with van der Waals surface area (Å²) in [5, 5.41) is 3.49. The van der Waals surface area contributed by atoms with Gasteiger partial charge in [0.25, 0.3) is 0 Å². The molecule has 158 valence electrons. The lowest BCUT2D eigenvalue weighted by atomic mass is 10.2. The Labute approximate surface area is 187 Å². The van der Waals surface area contributed by atoms with Crippen LogP contribution in [-0.2, 0) is 11.3 Å². The molecule has 1 unspecified atom stereocenters. The van der Waals surface area contributed by atoms with Crippen molar-refractivity contribution in [3.05, 3.63) is 35.9 Å². The molecule has 7 heteroatoms. The smallest absolute Gasteiger partial charge is 0.194 e. The fourth-order valence-electron chi connectivity index (χ4n) is 3.74. The van der Waals surface area contributed by atoms with Crippen molar-refractivity contribution in [3.8, 4) is 0 Å². The van der Waals surface area contributed by atoms with Gasteiger partial charge in [-0.05, 0) is 19.4 Å². The Kier molecular flexibility index (Phi) is 10.5. The van der Waals surface area contributed by atoms with E-state index in [-0.39, 0.29) is 24.0 Å². The largest absolute Gasteiger partial charge is 0.379 e. The van der Waals surface area contributed by atoms with Crippen LogP contribution in [0.5, 0.6) is 0 Å². The molecule has 6 nitrogen and oxygen atoms in total. The van der Waals surface area contributed by atoms with Crippen LogP contribution in [0, 0.1) is 0 Å². The molecule has 2 saturated heterocycles. The molecule has 0 radical (unpaired) electrons. The number of hydrogen-bond donors (Lipinski definition) is 1. The van der Waals surface area contributed by atoms with Gasteiger partial charge in [0.15, 0.2) is 5.96 Å². The number of rotatable bonds is 6. The highest BCUT2D eigenvalue weighted by Crippen LogP contribution is 2.09. The van der Waals surface area contributed by atoms with Crippen molar-refractivity contribution in [1.82, 2.24) is 20.0 Å². The van der Waals surface area contributed by atoms with E-state index in [0.29, 0.717) is 6.04 Å².